The zero-order valence-corrected chi connectivity index (χ0v) is 9.47. The number of carbonyl (C=O) groups is 2. The summed E-state index contributed by atoms with van der Waals surface area (Å²) in [7, 11) is 0. The second-order valence-electron chi connectivity index (χ2n) is 3.89. The Bertz CT molecular complexity index is 300. The van der Waals surface area contributed by atoms with Gasteiger partial charge in [-0.1, -0.05) is 6.92 Å². The number of rotatable bonds is 3. The molecule has 2 N–H and O–H groups in total. The molecule has 0 aromatic carbocycles. The van der Waals surface area contributed by atoms with Crippen molar-refractivity contribution in [2.24, 2.45) is 5.92 Å². The van der Waals surface area contributed by atoms with Crippen LogP contribution in [0.25, 0.3) is 0 Å². The van der Waals surface area contributed by atoms with Crippen molar-refractivity contribution in [2.45, 2.75) is 38.6 Å². The van der Waals surface area contributed by atoms with E-state index in [1.807, 2.05) is 0 Å². The zero-order valence-electron chi connectivity index (χ0n) is 9.47. The number of cyclic esters (lactones) is 1. The highest BCUT2D eigenvalue weighted by molar-refractivity contribution is 6.05. The molecule has 0 aromatic rings. The predicted octanol–water partition coefficient (Wildman–Crippen LogP) is -0.777. The van der Waals surface area contributed by atoms with Gasteiger partial charge in [-0.3, -0.25) is 0 Å². The number of aliphatic hydroxyl groups excluding tert-OH is 1. The van der Waals surface area contributed by atoms with Gasteiger partial charge in [0.1, 0.15) is 6.10 Å². The number of ether oxygens (including phenoxy) is 2. The average Bonchev–Trinajstić information content (AvgIpc) is 2.44. The Hall–Kier alpha value is -1.14. The molecule has 1 rings (SSSR count). The summed E-state index contributed by atoms with van der Waals surface area (Å²) >= 11 is 0. The highest BCUT2D eigenvalue weighted by Crippen LogP contribution is 2.34. The molecular formula is C10H16O6. The lowest BCUT2D eigenvalue weighted by molar-refractivity contribution is -0.176. The number of aliphatic hydroxyl groups is 2. The second-order valence-corrected chi connectivity index (χ2v) is 3.89. The number of hydrogen-bond donors (Lipinski definition) is 2. The largest absolute Gasteiger partial charge is 0.463 e. The van der Waals surface area contributed by atoms with E-state index in [1.54, 1.807) is 6.92 Å². The van der Waals surface area contributed by atoms with Crippen LogP contribution in [0.4, 0.5) is 0 Å². The van der Waals surface area contributed by atoms with Crippen molar-refractivity contribution in [3.63, 3.8) is 0 Å². The standard InChI is InChI=1S/C10H16O6/c1-4-15-8(12)10(14)5(2)7(6(3)11)16-9(10)13/h5-7,11,14H,4H2,1-3H3/t5-,6-,7+,10-/m0/s1. The highest BCUT2D eigenvalue weighted by Gasteiger charge is 2.61. The maximum Gasteiger partial charge on any atom is 0.350 e. The van der Waals surface area contributed by atoms with Gasteiger partial charge in [0.15, 0.2) is 0 Å². The fourth-order valence-corrected chi connectivity index (χ4v) is 1.77. The van der Waals surface area contributed by atoms with Crippen molar-refractivity contribution in [2.75, 3.05) is 6.61 Å². The lowest BCUT2D eigenvalue weighted by Gasteiger charge is -2.23. The fourth-order valence-electron chi connectivity index (χ4n) is 1.77. The van der Waals surface area contributed by atoms with E-state index in [9.17, 15) is 19.8 Å². The molecule has 0 aliphatic carbocycles. The van der Waals surface area contributed by atoms with Gasteiger partial charge in [0.25, 0.3) is 5.60 Å². The zero-order chi connectivity index (χ0) is 12.5. The summed E-state index contributed by atoms with van der Waals surface area (Å²) < 4.78 is 9.40. The van der Waals surface area contributed by atoms with Crippen LogP contribution in [0, 0.1) is 5.92 Å². The molecule has 4 atom stereocenters. The molecule has 1 aliphatic heterocycles. The monoisotopic (exact) mass is 232 g/mol. The molecule has 1 heterocycles. The normalized spacial score (nSPS) is 35.7. The molecule has 16 heavy (non-hydrogen) atoms. The third kappa shape index (κ3) is 1.78. The minimum absolute atomic E-state index is 0.0560. The van der Waals surface area contributed by atoms with Crippen LogP contribution in [0.5, 0.6) is 0 Å². The Kier molecular flexibility index (Phi) is 3.54. The van der Waals surface area contributed by atoms with Gasteiger partial charge < -0.3 is 19.7 Å². The third-order valence-corrected chi connectivity index (χ3v) is 2.77. The highest BCUT2D eigenvalue weighted by atomic mass is 16.6. The molecule has 0 radical (unpaired) electrons. The van der Waals surface area contributed by atoms with Crippen molar-refractivity contribution < 1.29 is 29.3 Å². The maximum atomic E-state index is 11.5. The Morgan fingerprint density at radius 1 is 1.69 bits per heavy atom. The number of hydrogen-bond acceptors (Lipinski definition) is 6. The number of carbonyl (C=O) groups excluding carboxylic acids is 2. The number of esters is 2. The van der Waals surface area contributed by atoms with Gasteiger partial charge in [-0.2, -0.15) is 0 Å². The van der Waals surface area contributed by atoms with E-state index < -0.39 is 35.7 Å². The van der Waals surface area contributed by atoms with Crippen molar-refractivity contribution in [1.82, 2.24) is 0 Å². The van der Waals surface area contributed by atoms with Crippen molar-refractivity contribution >= 4 is 11.9 Å². The summed E-state index contributed by atoms with van der Waals surface area (Å²) in [5.41, 5.74) is -2.31. The van der Waals surface area contributed by atoms with Crippen LogP contribution in [0.15, 0.2) is 0 Å². The Labute approximate surface area is 93.2 Å². The molecule has 1 saturated heterocycles. The van der Waals surface area contributed by atoms with E-state index >= 15 is 0 Å². The van der Waals surface area contributed by atoms with Gasteiger partial charge in [-0.05, 0) is 13.8 Å². The van der Waals surface area contributed by atoms with Gasteiger partial charge in [0.05, 0.1) is 12.7 Å². The smallest absolute Gasteiger partial charge is 0.350 e. The van der Waals surface area contributed by atoms with Gasteiger partial charge >= 0.3 is 11.9 Å². The van der Waals surface area contributed by atoms with Crippen molar-refractivity contribution in [3.05, 3.63) is 0 Å². The lowest BCUT2D eigenvalue weighted by atomic mass is 9.86. The Morgan fingerprint density at radius 3 is 2.62 bits per heavy atom. The second kappa shape index (κ2) is 4.39. The van der Waals surface area contributed by atoms with Crippen LogP contribution in [0.3, 0.4) is 0 Å². The van der Waals surface area contributed by atoms with Crippen LogP contribution in [0.2, 0.25) is 0 Å². The quantitative estimate of drug-likeness (QED) is 0.490. The molecule has 0 amide bonds. The summed E-state index contributed by atoms with van der Waals surface area (Å²) in [6.45, 7) is 4.50. The van der Waals surface area contributed by atoms with Crippen LogP contribution in [-0.2, 0) is 19.1 Å². The molecule has 1 fully saturated rings. The molecule has 0 aromatic heterocycles. The molecule has 1 aliphatic rings. The van der Waals surface area contributed by atoms with E-state index in [-0.39, 0.29) is 6.61 Å². The molecule has 6 heteroatoms. The summed E-state index contributed by atoms with van der Waals surface area (Å²) in [5.74, 6) is -2.95. The van der Waals surface area contributed by atoms with E-state index in [0.717, 1.165) is 0 Å². The van der Waals surface area contributed by atoms with Crippen LogP contribution >= 0.6 is 0 Å². The molecule has 0 saturated carbocycles. The van der Waals surface area contributed by atoms with Gasteiger partial charge in [0.2, 0.25) is 0 Å². The van der Waals surface area contributed by atoms with Crippen LogP contribution in [-0.4, -0.2) is 46.6 Å². The first-order valence-corrected chi connectivity index (χ1v) is 5.14. The van der Waals surface area contributed by atoms with Gasteiger partial charge in [0, 0.05) is 5.92 Å². The summed E-state index contributed by atoms with van der Waals surface area (Å²) in [6, 6.07) is 0. The van der Waals surface area contributed by atoms with Crippen LogP contribution < -0.4 is 0 Å². The van der Waals surface area contributed by atoms with Crippen molar-refractivity contribution in [1.29, 1.82) is 0 Å². The third-order valence-electron chi connectivity index (χ3n) is 2.77. The minimum Gasteiger partial charge on any atom is -0.463 e. The predicted molar refractivity (Wildman–Crippen MR) is 52.3 cm³/mol. The van der Waals surface area contributed by atoms with Crippen molar-refractivity contribution in [3.8, 4) is 0 Å². The molecule has 0 unspecified atom stereocenters. The van der Waals surface area contributed by atoms with E-state index in [1.165, 1.54) is 13.8 Å². The lowest BCUT2D eigenvalue weighted by Crippen LogP contribution is -2.50. The average molecular weight is 232 g/mol. The summed E-state index contributed by atoms with van der Waals surface area (Å²) in [6.07, 6.45) is -1.86. The fraction of sp³-hybridized carbons (Fsp3) is 0.800. The van der Waals surface area contributed by atoms with Gasteiger partial charge in [-0.25, -0.2) is 9.59 Å². The first-order chi connectivity index (χ1) is 7.35. The molecule has 6 nitrogen and oxygen atoms in total. The molecular weight excluding hydrogens is 216 g/mol. The topological polar surface area (TPSA) is 93.1 Å². The van der Waals surface area contributed by atoms with E-state index in [2.05, 4.69) is 4.74 Å². The molecule has 0 bridgehead atoms. The first kappa shape index (κ1) is 12.9. The minimum atomic E-state index is -2.31. The molecule has 92 valence electrons. The van der Waals surface area contributed by atoms with E-state index in [4.69, 9.17) is 4.74 Å². The SMILES string of the molecule is CCOC(=O)[C@]1(O)C(=O)O[C@@H]([C@H](C)O)[C@@H]1C. The maximum absolute atomic E-state index is 11.5. The van der Waals surface area contributed by atoms with Crippen LogP contribution in [0.1, 0.15) is 20.8 Å². The first-order valence-electron chi connectivity index (χ1n) is 5.14. The Balaban J connectivity index is 2.96. The van der Waals surface area contributed by atoms with Gasteiger partial charge in [-0.15, -0.1) is 0 Å². The summed E-state index contributed by atoms with van der Waals surface area (Å²) in [5, 5.41) is 19.3. The Morgan fingerprint density at radius 2 is 2.25 bits per heavy atom. The molecule has 0 spiro atoms. The van der Waals surface area contributed by atoms with E-state index in [0.29, 0.717) is 0 Å². The summed E-state index contributed by atoms with van der Waals surface area (Å²) in [4.78, 5) is 23.0.